The third-order valence-electron chi connectivity index (χ3n) is 4.42. The zero-order valence-electron chi connectivity index (χ0n) is 21.5. The van der Waals surface area contributed by atoms with Gasteiger partial charge in [-0.2, -0.15) is 0 Å². The fourth-order valence-corrected chi connectivity index (χ4v) is 3.57. The Morgan fingerprint density at radius 3 is 1.56 bits per heavy atom. The molecule has 0 atom stereocenters. The molecule has 0 aromatic rings. The van der Waals surface area contributed by atoms with E-state index in [0.717, 1.165) is 36.3 Å². The summed E-state index contributed by atoms with van der Waals surface area (Å²) in [5, 5.41) is 17.5. The smallest absolute Gasteiger partial charge is 0.331 e. The Kier molecular flexibility index (Phi) is 17.4. The first-order valence-electron chi connectivity index (χ1n) is 11.2. The molecule has 0 aliphatic heterocycles. The van der Waals surface area contributed by atoms with Gasteiger partial charge in [-0.15, -0.1) is 0 Å². The number of carbonyl (C=O) groups excluding carboxylic acids is 4. The SMILES string of the molecule is COC(=O)/C=C/C(=O)OCCN(C)CCS(=O)(=O)CCOC(=O)/C=C/C(=O)OCCN(CC(=O)O)CC(=O)O. The number of ether oxygens (including phenoxy) is 4. The third kappa shape index (κ3) is 20.9. The number of likely N-dealkylation sites (N-methyl/N-ethyl adjacent to an activating group) is 1. The van der Waals surface area contributed by atoms with Crippen LogP contribution in [0.3, 0.4) is 0 Å². The third-order valence-corrected chi connectivity index (χ3v) is 6.02. The van der Waals surface area contributed by atoms with Crippen LogP contribution in [0.15, 0.2) is 24.3 Å². The molecule has 2 N–H and O–H groups in total. The van der Waals surface area contributed by atoms with Crippen LogP contribution in [-0.2, 0) is 57.6 Å². The number of methoxy groups -OCH3 is 1. The summed E-state index contributed by atoms with van der Waals surface area (Å²) in [6, 6.07) is 0. The van der Waals surface area contributed by atoms with Gasteiger partial charge in [0.15, 0.2) is 9.84 Å². The molecule has 16 nitrogen and oxygen atoms in total. The number of carboxylic acid groups (broad SMARTS) is 2. The molecular weight excluding hydrogens is 548 g/mol. The fraction of sp³-hybridized carbons (Fsp3) is 0.545. The monoisotopic (exact) mass is 580 g/mol. The van der Waals surface area contributed by atoms with Crippen LogP contribution in [0.1, 0.15) is 0 Å². The number of rotatable bonds is 20. The first kappa shape index (κ1) is 35.2. The summed E-state index contributed by atoms with van der Waals surface area (Å²) in [4.78, 5) is 69.6. The summed E-state index contributed by atoms with van der Waals surface area (Å²) >= 11 is 0. The Labute approximate surface area is 224 Å². The quantitative estimate of drug-likeness (QED) is 0.0879. The average molecular weight is 581 g/mol. The molecule has 0 unspecified atom stereocenters. The van der Waals surface area contributed by atoms with E-state index in [4.69, 9.17) is 24.4 Å². The normalized spacial score (nSPS) is 11.6. The van der Waals surface area contributed by atoms with Gasteiger partial charge in [0.2, 0.25) is 0 Å². The van der Waals surface area contributed by atoms with Gasteiger partial charge in [-0.25, -0.2) is 27.6 Å². The standard InChI is InChI=1S/C22H32N2O14S/c1-23(7-10-36-20(30)4-3-19(29)35-2)9-13-39(33,34)14-12-38-22(32)6-5-21(31)37-11-8-24(15-17(25)26)16-18(27)28/h3-6H,7-16H2,1-2H3,(H,25,26)(H,27,28)/b4-3+,6-5+. The highest BCUT2D eigenvalue weighted by molar-refractivity contribution is 7.91. The summed E-state index contributed by atoms with van der Waals surface area (Å²) < 4.78 is 42.9. The maximum absolute atomic E-state index is 12.1. The molecule has 0 aromatic heterocycles. The molecular formula is C22H32N2O14S. The predicted molar refractivity (Wildman–Crippen MR) is 131 cm³/mol. The number of carbonyl (C=O) groups is 6. The topological polar surface area (TPSA) is 220 Å². The molecule has 0 aliphatic rings. The first-order chi connectivity index (χ1) is 18.2. The van der Waals surface area contributed by atoms with Crippen LogP contribution in [0.25, 0.3) is 0 Å². The van der Waals surface area contributed by atoms with Crippen molar-refractivity contribution in [1.29, 1.82) is 0 Å². The van der Waals surface area contributed by atoms with Gasteiger partial charge in [0.1, 0.15) is 19.8 Å². The minimum absolute atomic E-state index is 0.0454. The van der Waals surface area contributed by atoms with Gasteiger partial charge in [0, 0.05) is 43.9 Å². The van der Waals surface area contributed by atoms with Crippen LogP contribution in [0.2, 0.25) is 0 Å². The van der Waals surface area contributed by atoms with Crippen LogP contribution in [0, 0.1) is 0 Å². The number of hydrogen-bond acceptors (Lipinski definition) is 14. The molecule has 0 amide bonds. The van der Waals surface area contributed by atoms with Crippen molar-refractivity contribution < 1.29 is 66.3 Å². The second kappa shape index (κ2) is 19.3. The lowest BCUT2D eigenvalue weighted by Gasteiger charge is -2.17. The number of carboxylic acids is 2. The highest BCUT2D eigenvalue weighted by Gasteiger charge is 2.15. The number of hydrogen-bond donors (Lipinski definition) is 2. The zero-order valence-corrected chi connectivity index (χ0v) is 22.3. The molecule has 0 rings (SSSR count). The van der Waals surface area contributed by atoms with Crippen molar-refractivity contribution in [3.63, 3.8) is 0 Å². The van der Waals surface area contributed by atoms with Gasteiger partial charge in [0.05, 0.1) is 31.7 Å². The highest BCUT2D eigenvalue weighted by atomic mass is 32.2. The van der Waals surface area contributed by atoms with E-state index in [2.05, 4.69) is 4.74 Å². The number of sulfone groups is 1. The highest BCUT2D eigenvalue weighted by Crippen LogP contribution is 1.96. The van der Waals surface area contributed by atoms with Gasteiger partial charge in [0.25, 0.3) is 0 Å². The van der Waals surface area contributed by atoms with Crippen LogP contribution in [0.4, 0.5) is 0 Å². The Bertz CT molecular complexity index is 1010. The van der Waals surface area contributed by atoms with Gasteiger partial charge < -0.3 is 34.1 Å². The van der Waals surface area contributed by atoms with E-state index in [1.165, 1.54) is 0 Å². The summed E-state index contributed by atoms with van der Waals surface area (Å²) in [6.07, 6.45) is 3.25. The zero-order chi connectivity index (χ0) is 29.8. The van der Waals surface area contributed by atoms with E-state index in [1.54, 1.807) is 11.9 Å². The lowest BCUT2D eigenvalue weighted by atomic mass is 10.4. The lowest BCUT2D eigenvalue weighted by molar-refractivity contribution is -0.143. The first-order valence-corrected chi connectivity index (χ1v) is 13.1. The minimum atomic E-state index is -3.60. The Morgan fingerprint density at radius 1 is 0.667 bits per heavy atom. The Hall–Kier alpha value is -3.83. The molecule has 0 radical (unpaired) electrons. The average Bonchev–Trinajstić information content (AvgIpc) is 2.84. The molecule has 0 aliphatic carbocycles. The van der Waals surface area contributed by atoms with Crippen molar-refractivity contribution in [2.45, 2.75) is 0 Å². The van der Waals surface area contributed by atoms with E-state index >= 15 is 0 Å². The van der Waals surface area contributed by atoms with Crippen molar-refractivity contribution in [1.82, 2.24) is 9.80 Å². The van der Waals surface area contributed by atoms with Gasteiger partial charge in [-0.05, 0) is 7.05 Å². The summed E-state index contributed by atoms with van der Waals surface area (Å²) in [6.45, 7) is -1.83. The van der Waals surface area contributed by atoms with E-state index in [9.17, 15) is 37.2 Å². The minimum Gasteiger partial charge on any atom is -0.480 e. The maximum atomic E-state index is 12.1. The molecule has 0 spiro atoms. The van der Waals surface area contributed by atoms with E-state index < -0.39 is 71.1 Å². The predicted octanol–water partition coefficient (Wildman–Crippen LogP) is -2.28. The van der Waals surface area contributed by atoms with Gasteiger partial charge in [-0.1, -0.05) is 0 Å². The van der Waals surface area contributed by atoms with Crippen molar-refractivity contribution in [3.8, 4) is 0 Å². The Morgan fingerprint density at radius 2 is 1.10 bits per heavy atom. The van der Waals surface area contributed by atoms with Crippen LogP contribution >= 0.6 is 0 Å². The van der Waals surface area contributed by atoms with Crippen molar-refractivity contribution in [3.05, 3.63) is 24.3 Å². The van der Waals surface area contributed by atoms with E-state index in [0.29, 0.717) is 0 Å². The van der Waals surface area contributed by atoms with Crippen molar-refractivity contribution >= 4 is 45.7 Å². The van der Waals surface area contributed by atoms with E-state index in [1.807, 2.05) is 0 Å². The maximum Gasteiger partial charge on any atom is 0.331 e. The molecule has 0 saturated carbocycles. The molecule has 0 fully saturated rings. The second-order valence-corrected chi connectivity index (χ2v) is 9.95. The van der Waals surface area contributed by atoms with Gasteiger partial charge in [-0.3, -0.25) is 14.5 Å². The van der Waals surface area contributed by atoms with Crippen LogP contribution < -0.4 is 0 Å². The molecule has 39 heavy (non-hydrogen) atoms. The Balaban J connectivity index is 4.23. The molecule has 220 valence electrons. The van der Waals surface area contributed by atoms with Crippen molar-refractivity contribution in [2.75, 3.05) is 78.2 Å². The lowest BCUT2D eigenvalue weighted by Crippen LogP contribution is -2.37. The fourth-order valence-electron chi connectivity index (χ4n) is 2.44. The molecule has 17 heteroatoms. The number of nitrogens with zero attached hydrogens (tertiary/aromatic N) is 2. The van der Waals surface area contributed by atoms with Gasteiger partial charge >= 0.3 is 35.8 Å². The molecule has 0 saturated heterocycles. The summed E-state index contributed by atoms with van der Waals surface area (Å²) in [7, 11) is -0.838. The largest absolute Gasteiger partial charge is 0.480 e. The molecule has 0 heterocycles. The van der Waals surface area contributed by atoms with Crippen LogP contribution in [-0.4, -0.2) is 142 Å². The summed E-state index contributed by atoms with van der Waals surface area (Å²) in [5.41, 5.74) is 0. The molecule has 0 aromatic carbocycles. The van der Waals surface area contributed by atoms with Crippen molar-refractivity contribution in [2.24, 2.45) is 0 Å². The molecule has 0 bridgehead atoms. The second-order valence-electron chi connectivity index (χ2n) is 7.65. The summed E-state index contributed by atoms with van der Waals surface area (Å²) in [5.74, 6) is -6.70. The van der Waals surface area contributed by atoms with E-state index in [-0.39, 0.29) is 38.6 Å². The number of esters is 4. The van der Waals surface area contributed by atoms with Crippen LogP contribution in [0.5, 0.6) is 0 Å². The number of aliphatic carboxylic acids is 2.